The molecule has 5 aliphatic rings. The highest BCUT2D eigenvalue weighted by atomic mass is 16.6. The quantitative estimate of drug-likeness (QED) is 0.364. The van der Waals surface area contributed by atoms with Gasteiger partial charge in [0, 0.05) is 25.7 Å². The van der Waals surface area contributed by atoms with E-state index in [9.17, 15) is 19.5 Å². The van der Waals surface area contributed by atoms with Crippen LogP contribution in [0.25, 0.3) is 0 Å². The first-order valence-corrected chi connectivity index (χ1v) is 13.4. The maximum absolute atomic E-state index is 14.3. The maximum atomic E-state index is 14.3. The number of carbonyl (C=O) groups excluding carboxylic acids is 3. The Morgan fingerprint density at radius 1 is 1.00 bits per heavy atom. The Labute approximate surface area is 207 Å². The van der Waals surface area contributed by atoms with E-state index in [-0.39, 0.29) is 24.5 Å². The zero-order chi connectivity index (χ0) is 24.6. The van der Waals surface area contributed by atoms with E-state index < -0.39 is 35.0 Å². The Morgan fingerprint density at radius 3 is 2.57 bits per heavy atom. The van der Waals surface area contributed by atoms with E-state index in [4.69, 9.17) is 9.47 Å². The minimum atomic E-state index is -1.22. The minimum Gasteiger partial charge on any atom is -0.465 e. The number of fused-ring (bicyclic) bond motifs is 2. The lowest BCUT2D eigenvalue weighted by Crippen LogP contribution is -2.57. The van der Waals surface area contributed by atoms with E-state index in [2.05, 4.69) is 0 Å². The second-order valence-corrected chi connectivity index (χ2v) is 10.9. The summed E-state index contributed by atoms with van der Waals surface area (Å²) in [6.45, 7) is 3.00. The van der Waals surface area contributed by atoms with Crippen molar-refractivity contribution in [3.05, 3.63) is 24.3 Å². The number of likely N-dealkylation sites (tertiary alicyclic amines) is 1. The number of aliphatic hydroxyl groups is 1. The molecule has 1 saturated carbocycles. The summed E-state index contributed by atoms with van der Waals surface area (Å²) in [5.41, 5.74) is -2.26. The number of carbonyl (C=O) groups is 3. The molecule has 1 spiro atoms. The van der Waals surface area contributed by atoms with Gasteiger partial charge in [0.15, 0.2) is 0 Å². The van der Waals surface area contributed by atoms with Crippen molar-refractivity contribution in [2.24, 2.45) is 11.8 Å². The van der Waals surface area contributed by atoms with Crippen LogP contribution < -0.4 is 0 Å². The minimum absolute atomic E-state index is 0.0254. The van der Waals surface area contributed by atoms with Gasteiger partial charge in [0.2, 0.25) is 11.8 Å². The second kappa shape index (κ2) is 9.69. The normalized spacial score (nSPS) is 38.7. The van der Waals surface area contributed by atoms with E-state index in [1.807, 2.05) is 36.1 Å². The van der Waals surface area contributed by atoms with Crippen LogP contribution in [0.1, 0.15) is 64.7 Å². The van der Waals surface area contributed by atoms with Crippen LogP contribution in [0.2, 0.25) is 0 Å². The average molecular weight is 487 g/mol. The zero-order valence-electron chi connectivity index (χ0n) is 20.7. The van der Waals surface area contributed by atoms with Crippen LogP contribution in [-0.2, 0) is 23.9 Å². The topological polar surface area (TPSA) is 96.4 Å². The van der Waals surface area contributed by atoms with E-state index in [0.29, 0.717) is 32.5 Å². The lowest BCUT2D eigenvalue weighted by atomic mass is 9.74. The molecular formula is C27H38N2O6. The molecule has 5 rings (SSSR count). The first kappa shape index (κ1) is 24.5. The molecule has 1 aliphatic carbocycles. The molecule has 0 radical (unpaired) electrons. The molecule has 0 bridgehead atoms. The third-order valence-electron chi connectivity index (χ3n) is 8.60. The molecule has 2 saturated heterocycles. The van der Waals surface area contributed by atoms with E-state index in [1.165, 1.54) is 6.42 Å². The van der Waals surface area contributed by atoms with Crippen LogP contribution in [0.5, 0.6) is 0 Å². The molecule has 1 N–H and O–H groups in total. The number of amides is 2. The van der Waals surface area contributed by atoms with Crippen molar-refractivity contribution >= 4 is 17.8 Å². The summed E-state index contributed by atoms with van der Waals surface area (Å²) < 4.78 is 12.4. The number of nitrogens with zero attached hydrogens (tertiary/aromatic N) is 2. The Balaban J connectivity index is 1.58. The Bertz CT molecular complexity index is 911. The lowest BCUT2D eigenvalue weighted by Gasteiger charge is -2.40. The number of rotatable bonds is 5. The third-order valence-corrected chi connectivity index (χ3v) is 8.60. The van der Waals surface area contributed by atoms with Crippen molar-refractivity contribution in [3.8, 4) is 0 Å². The van der Waals surface area contributed by atoms with Crippen LogP contribution in [0.15, 0.2) is 24.3 Å². The summed E-state index contributed by atoms with van der Waals surface area (Å²) in [6.07, 6.45) is 15.7. The first-order valence-electron chi connectivity index (χ1n) is 13.4. The van der Waals surface area contributed by atoms with Crippen LogP contribution in [-0.4, -0.2) is 82.3 Å². The number of cyclic esters (lactones) is 1. The van der Waals surface area contributed by atoms with Crippen molar-refractivity contribution in [1.29, 1.82) is 0 Å². The molecule has 8 nitrogen and oxygen atoms in total. The van der Waals surface area contributed by atoms with Gasteiger partial charge in [-0.25, -0.2) is 0 Å². The number of hydrogen-bond acceptors (Lipinski definition) is 6. The second-order valence-electron chi connectivity index (χ2n) is 10.9. The highest BCUT2D eigenvalue weighted by Gasteiger charge is 2.74. The van der Waals surface area contributed by atoms with Crippen molar-refractivity contribution < 1.29 is 29.0 Å². The van der Waals surface area contributed by atoms with E-state index in [1.54, 1.807) is 4.90 Å². The molecule has 1 unspecified atom stereocenters. The standard InChI is InChI=1S/C27H38N2O6/c1-26-13-6-3-9-18-34-25(33)21(26)20-23(31)29(15-7-8-17-30)22-24(32)28(19-11-4-2-5-12-19)16-10-14-27(20,22)35-26/h6,10,13-14,19-22,30H,2-5,7-9,11-12,15-18H2,1H3/b13-6-/t20-,21+,22?,26-,27-/m0/s1. The molecule has 5 atom stereocenters. The zero-order valence-corrected chi connectivity index (χ0v) is 20.7. The highest BCUT2D eigenvalue weighted by Crippen LogP contribution is 2.57. The van der Waals surface area contributed by atoms with Crippen LogP contribution in [0, 0.1) is 11.8 Å². The van der Waals surface area contributed by atoms with Gasteiger partial charge in [-0.2, -0.15) is 0 Å². The summed E-state index contributed by atoms with van der Waals surface area (Å²) in [4.78, 5) is 45.2. The van der Waals surface area contributed by atoms with Crippen molar-refractivity contribution in [3.63, 3.8) is 0 Å². The SMILES string of the molecule is C[C@]12/C=C\CCCOC(=O)[C@H]1[C@H]1C(=O)N(CCCCO)C3C(=O)N(C4CCCCC4)CC=C[C@@]31O2. The number of esters is 1. The smallest absolute Gasteiger partial charge is 0.313 e. The Hall–Kier alpha value is -2.19. The highest BCUT2D eigenvalue weighted by molar-refractivity contribution is 5.99. The van der Waals surface area contributed by atoms with Gasteiger partial charge in [0.1, 0.15) is 17.6 Å². The number of unbranched alkanes of at least 4 members (excludes halogenated alkanes) is 1. The number of ether oxygens (including phenoxy) is 2. The molecule has 35 heavy (non-hydrogen) atoms. The van der Waals surface area contributed by atoms with Gasteiger partial charge in [-0.15, -0.1) is 0 Å². The summed E-state index contributed by atoms with van der Waals surface area (Å²) in [5.74, 6) is -2.40. The fourth-order valence-corrected chi connectivity index (χ4v) is 7.01. The molecule has 0 aromatic heterocycles. The van der Waals surface area contributed by atoms with Gasteiger partial charge in [0.25, 0.3) is 0 Å². The third kappa shape index (κ3) is 4.02. The predicted molar refractivity (Wildman–Crippen MR) is 128 cm³/mol. The number of allylic oxidation sites excluding steroid dienone is 1. The summed E-state index contributed by atoms with van der Waals surface area (Å²) >= 11 is 0. The molecule has 192 valence electrons. The van der Waals surface area contributed by atoms with Gasteiger partial charge in [-0.05, 0) is 45.4 Å². The van der Waals surface area contributed by atoms with Crippen LogP contribution in [0.3, 0.4) is 0 Å². The maximum Gasteiger partial charge on any atom is 0.313 e. The van der Waals surface area contributed by atoms with Gasteiger partial charge < -0.3 is 24.4 Å². The van der Waals surface area contributed by atoms with Crippen molar-refractivity contribution in [2.75, 3.05) is 26.3 Å². The molecule has 2 amide bonds. The first-order chi connectivity index (χ1) is 16.9. The average Bonchev–Trinajstić information content (AvgIpc) is 3.19. The Kier molecular flexibility index (Phi) is 6.79. The largest absolute Gasteiger partial charge is 0.465 e. The summed E-state index contributed by atoms with van der Waals surface area (Å²) in [7, 11) is 0. The van der Waals surface area contributed by atoms with Crippen molar-refractivity contribution in [2.45, 2.75) is 88.0 Å². The van der Waals surface area contributed by atoms with Gasteiger partial charge in [0.05, 0.1) is 18.1 Å². The van der Waals surface area contributed by atoms with E-state index >= 15 is 0 Å². The van der Waals surface area contributed by atoms with Crippen LogP contribution >= 0.6 is 0 Å². The van der Waals surface area contributed by atoms with Gasteiger partial charge in [-0.1, -0.05) is 43.6 Å². The van der Waals surface area contributed by atoms with E-state index in [0.717, 1.165) is 38.5 Å². The molecule has 0 aromatic rings. The monoisotopic (exact) mass is 486 g/mol. The lowest BCUT2D eigenvalue weighted by molar-refractivity contribution is -0.160. The molecule has 8 heteroatoms. The molecule has 3 fully saturated rings. The van der Waals surface area contributed by atoms with Crippen LogP contribution in [0.4, 0.5) is 0 Å². The molecule has 4 heterocycles. The summed E-state index contributed by atoms with van der Waals surface area (Å²) in [6, 6.07) is -0.670. The number of aliphatic hydroxyl groups excluding tert-OH is 1. The predicted octanol–water partition coefficient (Wildman–Crippen LogP) is 2.35. The molecule has 4 aliphatic heterocycles. The summed E-state index contributed by atoms with van der Waals surface area (Å²) in [5, 5.41) is 9.33. The van der Waals surface area contributed by atoms with Gasteiger partial charge in [-0.3, -0.25) is 14.4 Å². The molecular weight excluding hydrogens is 448 g/mol. The molecule has 0 aromatic carbocycles. The van der Waals surface area contributed by atoms with Gasteiger partial charge >= 0.3 is 5.97 Å². The fraction of sp³-hybridized carbons (Fsp3) is 0.741. The fourth-order valence-electron chi connectivity index (χ4n) is 7.01. The van der Waals surface area contributed by atoms with Crippen molar-refractivity contribution in [1.82, 2.24) is 9.80 Å². The Morgan fingerprint density at radius 2 is 1.80 bits per heavy atom. The number of hydrogen-bond donors (Lipinski definition) is 1.